The van der Waals surface area contributed by atoms with Crippen molar-refractivity contribution in [1.82, 2.24) is 4.98 Å². The monoisotopic (exact) mass is 340 g/mol. The van der Waals surface area contributed by atoms with Crippen molar-refractivity contribution in [2.45, 2.75) is 13.8 Å². The Balaban J connectivity index is 2.16. The number of nitrogens with zero attached hydrogens (tertiary/aromatic N) is 1. The summed E-state index contributed by atoms with van der Waals surface area (Å²) < 4.78 is 5.97. The predicted molar refractivity (Wildman–Crippen MR) is 80.2 cm³/mol. The summed E-state index contributed by atoms with van der Waals surface area (Å²) in [7, 11) is 0. The minimum Gasteiger partial charge on any atom is -0.461 e. The van der Waals surface area contributed by atoms with Gasteiger partial charge in [-0.3, -0.25) is 0 Å². The van der Waals surface area contributed by atoms with Crippen molar-refractivity contribution in [3.8, 4) is 0 Å². The van der Waals surface area contributed by atoms with E-state index in [9.17, 15) is 4.79 Å². The summed E-state index contributed by atoms with van der Waals surface area (Å²) in [6.45, 7) is 3.99. The van der Waals surface area contributed by atoms with Gasteiger partial charge in [-0.05, 0) is 38.1 Å². The standard InChI is InChI=1S/C13H13BrN2O2S/c1-3-18-12(17)11-8(2)19-13(16-11)15-10-6-4-9(14)5-7-10/h4-7H,3H2,1-2H3,(H,15,16). The number of carbonyl (C=O) groups is 1. The van der Waals surface area contributed by atoms with E-state index in [-0.39, 0.29) is 5.97 Å². The molecule has 100 valence electrons. The normalized spacial score (nSPS) is 10.3. The second-order valence-electron chi connectivity index (χ2n) is 3.78. The fourth-order valence-electron chi connectivity index (χ4n) is 1.50. The van der Waals surface area contributed by atoms with Crippen LogP contribution in [0.4, 0.5) is 10.8 Å². The lowest BCUT2D eigenvalue weighted by Crippen LogP contribution is -2.06. The molecule has 0 saturated carbocycles. The number of benzene rings is 1. The van der Waals surface area contributed by atoms with Gasteiger partial charge in [-0.15, -0.1) is 11.3 Å². The Labute approximate surface area is 124 Å². The summed E-state index contributed by atoms with van der Waals surface area (Å²) in [6, 6.07) is 7.75. The van der Waals surface area contributed by atoms with Crippen LogP contribution in [0.3, 0.4) is 0 Å². The Bertz CT molecular complexity index is 581. The molecule has 1 aromatic carbocycles. The average Bonchev–Trinajstić information content (AvgIpc) is 2.74. The van der Waals surface area contributed by atoms with Crippen LogP contribution in [0, 0.1) is 6.92 Å². The van der Waals surface area contributed by atoms with Gasteiger partial charge in [0.1, 0.15) is 0 Å². The number of halogens is 1. The van der Waals surface area contributed by atoms with Gasteiger partial charge in [-0.2, -0.15) is 0 Å². The molecule has 19 heavy (non-hydrogen) atoms. The highest BCUT2D eigenvalue weighted by Crippen LogP contribution is 2.26. The van der Waals surface area contributed by atoms with E-state index in [0.717, 1.165) is 15.0 Å². The van der Waals surface area contributed by atoms with E-state index in [2.05, 4.69) is 26.2 Å². The van der Waals surface area contributed by atoms with Crippen LogP contribution in [-0.4, -0.2) is 17.6 Å². The van der Waals surface area contributed by atoms with Crippen molar-refractivity contribution in [2.75, 3.05) is 11.9 Å². The third-order valence-electron chi connectivity index (χ3n) is 2.36. The molecule has 0 aliphatic rings. The Morgan fingerprint density at radius 1 is 1.42 bits per heavy atom. The minimum absolute atomic E-state index is 0.352. The van der Waals surface area contributed by atoms with E-state index < -0.39 is 0 Å². The van der Waals surface area contributed by atoms with Crippen molar-refractivity contribution < 1.29 is 9.53 Å². The molecule has 1 heterocycles. The summed E-state index contributed by atoms with van der Waals surface area (Å²) in [4.78, 5) is 16.8. The molecular weight excluding hydrogens is 328 g/mol. The van der Waals surface area contributed by atoms with Gasteiger partial charge in [0, 0.05) is 15.0 Å². The lowest BCUT2D eigenvalue weighted by atomic mass is 10.3. The maximum Gasteiger partial charge on any atom is 0.358 e. The van der Waals surface area contributed by atoms with Crippen LogP contribution < -0.4 is 5.32 Å². The number of anilines is 2. The zero-order valence-electron chi connectivity index (χ0n) is 10.6. The molecule has 6 heteroatoms. The van der Waals surface area contributed by atoms with E-state index in [1.807, 2.05) is 31.2 Å². The molecule has 0 bridgehead atoms. The van der Waals surface area contributed by atoms with Crippen LogP contribution in [-0.2, 0) is 4.74 Å². The van der Waals surface area contributed by atoms with Gasteiger partial charge in [-0.1, -0.05) is 15.9 Å². The van der Waals surface area contributed by atoms with Crippen molar-refractivity contribution >= 4 is 44.1 Å². The first-order valence-corrected chi connectivity index (χ1v) is 7.38. The summed E-state index contributed by atoms with van der Waals surface area (Å²) in [5.41, 5.74) is 1.30. The number of hydrogen-bond donors (Lipinski definition) is 1. The molecule has 0 aliphatic carbocycles. The molecule has 1 N–H and O–H groups in total. The van der Waals surface area contributed by atoms with Crippen LogP contribution in [0.15, 0.2) is 28.7 Å². The molecule has 0 spiro atoms. The Hall–Kier alpha value is -1.40. The zero-order valence-corrected chi connectivity index (χ0v) is 13.0. The molecule has 2 aromatic rings. The number of rotatable bonds is 4. The van der Waals surface area contributed by atoms with E-state index in [0.29, 0.717) is 17.4 Å². The van der Waals surface area contributed by atoms with Crippen LogP contribution >= 0.6 is 27.3 Å². The van der Waals surface area contributed by atoms with Crippen molar-refractivity contribution in [3.63, 3.8) is 0 Å². The van der Waals surface area contributed by atoms with Crippen LogP contribution in [0.1, 0.15) is 22.3 Å². The highest BCUT2D eigenvalue weighted by molar-refractivity contribution is 9.10. The van der Waals surface area contributed by atoms with Crippen molar-refractivity contribution in [2.24, 2.45) is 0 Å². The zero-order chi connectivity index (χ0) is 13.8. The van der Waals surface area contributed by atoms with Crippen molar-refractivity contribution in [3.05, 3.63) is 39.3 Å². The average molecular weight is 341 g/mol. The number of aromatic nitrogens is 1. The third-order valence-corrected chi connectivity index (χ3v) is 3.78. The van der Waals surface area contributed by atoms with Crippen LogP contribution in [0.25, 0.3) is 0 Å². The van der Waals surface area contributed by atoms with Gasteiger partial charge >= 0.3 is 5.97 Å². The van der Waals surface area contributed by atoms with Gasteiger partial charge in [0.25, 0.3) is 0 Å². The second-order valence-corrected chi connectivity index (χ2v) is 5.90. The lowest BCUT2D eigenvalue weighted by molar-refractivity contribution is 0.0519. The first kappa shape index (κ1) is 14.0. The molecule has 0 atom stereocenters. The van der Waals surface area contributed by atoms with Crippen molar-refractivity contribution in [1.29, 1.82) is 0 Å². The van der Waals surface area contributed by atoms with E-state index in [1.165, 1.54) is 11.3 Å². The minimum atomic E-state index is -0.375. The molecule has 4 nitrogen and oxygen atoms in total. The van der Waals surface area contributed by atoms with Crippen LogP contribution in [0.5, 0.6) is 0 Å². The summed E-state index contributed by atoms with van der Waals surface area (Å²) in [5.74, 6) is -0.375. The fraction of sp³-hybridized carbons (Fsp3) is 0.231. The number of nitrogens with one attached hydrogen (secondary N) is 1. The van der Waals surface area contributed by atoms with Gasteiger partial charge in [0.05, 0.1) is 6.61 Å². The number of hydrogen-bond acceptors (Lipinski definition) is 5. The van der Waals surface area contributed by atoms with Gasteiger partial charge < -0.3 is 10.1 Å². The molecule has 0 unspecified atom stereocenters. The number of carbonyl (C=O) groups excluding carboxylic acids is 1. The SMILES string of the molecule is CCOC(=O)c1nc(Nc2ccc(Br)cc2)sc1C. The number of thiazole rings is 1. The number of aryl methyl sites for hydroxylation is 1. The van der Waals surface area contributed by atoms with E-state index in [1.54, 1.807) is 6.92 Å². The third kappa shape index (κ3) is 3.54. The summed E-state index contributed by atoms with van der Waals surface area (Å²) in [6.07, 6.45) is 0. The molecular formula is C13H13BrN2O2S. The number of esters is 1. The molecule has 0 amide bonds. The Morgan fingerprint density at radius 3 is 2.74 bits per heavy atom. The molecule has 0 aliphatic heterocycles. The molecule has 2 rings (SSSR count). The quantitative estimate of drug-likeness (QED) is 0.850. The largest absolute Gasteiger partial charge is 0.461 e. The van der Waals surface area contributed by atoms with E-state index >= 15 is 0 Å². The maximum atomic E-state index is 11.7. The first-order valence-electron chi connectivity index (χ1n) is 5.77. The smallest absolute Gasteiger partial charge is 0.358 e. The fourth-order valence-corrected chi connectivity index (χ4v) is 2.58. The highest BCUT2D eigenvalue weighted by Gasteiger charge is 2.16. The topological polar surface area (TPSA) is 51.2 Å². The predicted octanol–water partition coefficient (Wildman–Crippen LogP) is 4.13. The van der Waals surface area contributed by atoms with E-state index in [4.69, 9.17) is 4.74 Å². The highest BCUT2D eigenvalue weighted by atomic mass is 79.9. The van der Waals surface area contributed by atoms with Gasteiger partial charge in [0.15, 0.2) is 10.8 Å². The molecule has 1 aromatic heterocycles. The molecule has 0 radical (unpaired) electrons. The lowest BCUT2D eigenvalue weighted by Gasteiger charge is -2.01. The van der Waals surface area contributed by atoms with Crippen LogP contribution in [0.2, 0.25) is 0 Å². The Morgan fingerprint density at radius 2 is 2.11 bits per heavy atom. The van der Waals surface area contributed by atoms with Gasteiger partial charge in [-0.25, -0.2) is 9.78 Å². The first-order chi connectivity index (χ1) is 9.10. The maximum absolute atomic E-state index is 11.7. The summed E-state index contributed by atoms with van der Waals surface area (Å²) in [5, 5.41) is 3.85. The molecule has 0 saturated heterocycles. The van der Waals surface area contributed by atoms with Gasteiger partial charge in [0.2, 0.25) is 0 Å². The molecule has 0 fully saturated rings. The number of ether oxygens (including phenoxy) is 1. The summed E-state index contributed by atoms with van der Waals surface area (Å²) >= 11 is 4.81. The Kier molecular flexibility index (Phi) is 4.55. The second kappa shape index (κ2) is 6.16.